The molecule has 0 saturated carbocycles. The number of aryl methyl sites for hydroxylation is 1. The molecule has 5 heteroatoms. The van der Waals surface area contributed by atoms with Crippen molar-refractivity contribution in [2.24, 2.45) is 0 Å². The quantitative estimate of drug-likeness (QED) is 0.810. The first kappa shape index (κ1) is 16.2. The van der Waals surface area contributed by atoms with Crippen LogP contribution < -0.4 is 9.64 Å². The number of hydrogen-bond acceptors (Lipinski definition) is 3. The van der Waals surface area contributed by atoms with Crippen LogP contribution in [-0.2, 0) is 4.79 Å². The number of anilines is 1. The average molecular weight is 327 g/mol. The Morgan fingerprint density at radius 1 is 1.17 bits per heavy atom. The SMILES string of the molecule is Cc1ccc2c(c1)N(CC(=O)c1ccc(F)cc1)C(=O)C(C)(C)O2. The molecule has 3 rings (SSSR count). The van der Waals surface area contributed by atoms with E-state index in [1.807, 2.05) is 19.1 Å². The second kappa shape index (κ2) is 5.74. The number of Topliss-reactive ketones (excluding diaryl/α,β-unsaturated/α-hetero) is 1. The van der Waals surface area contributed by atoms with E-state index in [2.05, 4.69) is 0 Å². The van der Waals surface area contributed by atoms with Crippen molar-refractivity contribution in [3.8, 4) is 5.75 Å². The van der Waals surface area contributed by atoms with Gasteiger partial charge in [0.15, 0.2) is 11.4 Å². The molecule has 0 aliphatic carbocycles. The van der Waals surface area contributed by atoms with Crippen molar-refractivity contribution in [3.63, 3.8) is 0 Å². The van der Waals surface area contributed by atoms with Gasteiger partial charge in [-0.15, -0.1) is 0 Å². The van der Waals surface area contributed by atoms with Gasteiger partial charge in [0, 0.05) is 5.56 Å². The Hall–Kier alpha value is -2.69. The second-order valence-corrected chi connectivity index (χ2v) is 6.40. The molecule has 1 amide bonds. The Labute approximate surface area is 139 Å². The maximum atomic E-state index is 13.0. The van der Waals surface area contributed by atoms with E-state index in [4.69, 9.17) is 4.74 Å². The molecule has 0 aromatic heterocycles. The molecule has 2 aromatic rings. The third-order valence-electron chi connectivity index (χ3n) is 4.00. The molecular formula is C19H18FNO3. The molecule has 0 atom stereocenters. The highest BCUT2D eigenvalue weighted by atomic mass is 19.1. The van der Waals surface area contributed by atoms with Gasteiger partial charge in [0.25, 0.3) is 5.91 Å². The summed E-state index contributed by atoms with van der Waals surface area (Å²) in [5.41, 5.74) is 0.854. The van der Waals surface area contributed by atoms with Crippen LogP contribution in [0.15, 0.2) is 42.5 Å². The Bertz CT molecular complexity index is 812. The number of carbonyl (C=O) groups is 2. The largest absolute Gasteiger partial charge is 0.476 e. The van der Waals surface area contributed by atoms with Gasteiger partial charge >= 0.3 is 0 Å². The van der Waals surface area contributed by atoms with Crippen LogP contribution in [0.25, 0.3) is 0 Å². The first-order valence-corrected chi connectivity index (χ1v) is 7.68. The summed E-state index contributed by atoms with van der Waals surface area (Å²) in [5, 5.41) is 0. The van der Waals surface area contributed by atoms with Crippen LogP contribution in [-0.4, -0.2) is 23.8 Å². The third-order valence-corrected chi connectivity index (χ3v) is 4.00. The highest BCUT2D eigenvalue weighted by Gasteiger charge is 2.41. The zero-order valence-corrected chi connectivity index (χ0v) is 13.8. The lowest BCUT2D eigenvalue weighted by Gasteiger charge is -2.38. The van der Waals surface area contributed by atoms with Gasteiger partial charge in [-0.2, -0.15) is 0 Å². The fraction of sp³-hybridized carbons (Fsp3) is 0.263. The number of benzene rings is 2. The summed E-state index contributed by atoms with van der Waals surface area (Å²) in [6.07, 6.45) is 0. The van der Waals surface area contributed by atoms with E-state index >= 15 is 0 Å². The van der Waals surface area contributed by atoms with Crippen LogP contribution in [0.2, 0.25) is 0 Å². The smallest absolute Gasteiger partial charge is 0.271 e. The van der Waals surface area contributed by atoms with Crippen LogP contribution >= 0.6 is 0 Å². The molecule has 0 saturated heterocycles. The van der Waals surface area contributed by atoms with Crippen LogP contribution in [0.5, 0.6) is 5.75 Å². The third kappa shape index (κ3) is 2.89. The molecule has 124 valence electrons. The Morgan fingerprint density at radius 3 is 2.50 bits per heavy atom. The van der Waals surface area contributed by atoms with E-state index in [-0.39, 0.29) is 18.2 Å². The topological polar surface area (TPSA) is 46.6 Å². The zero-order valence-electron chi connectivity index (χ0n) is 13.8. The summed E-state index contributed by atoms with van der Waals surface area (Å²) in [7, 11) is 0. The molecule has 0 radical (unpaired) electrons. The van der Waals surface area contributed by atoms with E-state index in [0.717, 1.165) is 5.56 Å². The van der Waals surface area contributed by atoms with Crippen molar-refractivity contribution in [3.05, 3.63) is 59.4 Å². The minimum absolute atomic E-state index is 0.117. The maximum Gasteiger partial charge on any atom is 0.271 e. The summed E-state index contributed by atoms with van der Waals surface area (Å²) < 4.78 is 18.8. The number of halogens is 1. The number of ketones is 1. The lowest BCUT2D eigenvalue weighted by atomic mass is 10.0. The van der Waals surface area contributed by atoms with Crippen molar-refractivity contribution in [2.45, 2.75) is 26.4 Å². The number of carbonyl (C=O) groups excluding carboxylic acids is 2. The van der Waals surface area contributed by atoms with Gasteiger partial charge in [-0.1, -0.05) is 6.07 Å². The molecule has 24 heavy (non-hydrogen) atoms. The monoisotopic (exact) mass is 327 g/mol. The Morgan fingerprint density at radius 2 is 1.83 bits per heavy atom. The van der Waals surface area contributed by atoms with E-state index < -0.39 is 11.4 Å². The Kier molecular flexibility index (Phi) is 3.87. The van der Waals surface area contributed by atoms with Crippen LogP contribution in [0.4, 0.5) is 10.1 Å². The molecule has 0 N–H and O–H groups in total. The molecule has 1 heterocycles. The number of fused-ring (bicyclic) bond motifs is 1. The van der Waals surface area contributed by atoms with Crippen LogP contribution in [0.3, 0.4) is 0 Å². The summed E-state index contributed by atoms with van der Waals surface area (Å²) in [4.78, 5) is 26.7. The van der Waals surface area contributed by atoms with E-state index in [1.165, 1.54) is 29.2 Å². The van der Waals surface area contributed by atoms with Gasteiger partial charge in [0.1, 0.15) is 11.6 Å². The van der Waals surface area contributed by atoms with Crippen molar-refractivity contribution in [1.82, 2.24) is 0 Å². The zero-order chi connectivity index (χ0) is 17.5. The molecular weight excluding hydrogens is 309 g/mol. The lowest BCUT2D eigenvalue weighted by molar-refractivity contribution is -0.132. The minimum atomic E-state index is -1.05. The van der Waals surface area contributed by atoms with Crippen molar-refractivity contribution in [1.29, 1.82) is 0 Å². The van der Waals surface area contributed by atoms with E-state index in [9.17, 15) is 14.0 Å². The van der Waals surface area contributed by atoms with Crippen LogP contribution in [0.1, 0.15) is 29.8 Å². The number of nitrogens with zero attached hydrogens (tertiary/aromatic N) is 1. The molecule has 4 nitrogen and oxygen atoms in total. The number of rotatable bonds is 3. The molecule has 0 unspecified atom stereocenters. The van der Waals surface area contributed by atoms with Gasteiger partial charge in [0.2, 0.25) is 0 Å². The summed E-state index contributed by atoms with van der Waals surface area (Å²) >= 11 is 0. The average Bonchev–Trinajstić information content (AvgIpc) is 2.53. The molecule has 0 fully saturated rings. The van der Waals surface area contributed by atoms with Gasteiger partial charge in [-0.3, -0.25) is 14.5 Å². The van der Waals surface area contributed by atoms with E-state index in [0.29, 0.717) is 17.0 Å². The minimum Gasteiger partial charge on any atom is -0.476 e. The van der Waals surface area contributed by atoms with Crippen molar-refractivity contribution in [2.75, 3.05) is 11.4 Å². The van der Waals surface area contributed by atoms with Gasteiger partial charge in [-0.25, -0.2) is 4.39 Å². The summed E-state index contributed by atoms with van der Waals surface area (Å²) in [6, 6.07) is 10.8. The predicted molar refractivity (Wildman–Crippen MR) is 89.0 cm³/mol. The first-order valence-electron chi connectivity index (χ1n) is 7.68. The van der Waals surface area contributed by atoms with Crippen molar-refractivity contribution >= 4 is 17.4 Å². The normalized spacial score (nSPS) is 15.7. The number of ether oxygens (including phenoxy) is 1. The highest BCUT2D eigenvalue weighted by Crippen LogP contribution is 2.38. The summed E-state index contributed by atoms with van der Waals surface area (Å²) in [6.45, 7) is 5.14. The number of hydrogen-bond donors (Lipinski definition) is 0. The summed E-state index contributed by atoms with van der Waals surface area (Å²) in [5.74, 6) is -0.377. The lowest BCUT2D eigenvalue weighted by Crippen LogP contribution is -2.53. The second-order valence-electron chi connectivity index (χ2n) is 6.40. The maximum absolute atomic E-state index is 13.0. The standard InChI is InChI=1S/C19H18FNO3/c1-12-4-9-17-15(10-12)21(18(23)19(2,3)24-17)11-16(22)13-5-7-14(20)8-6-13/h4-10H,11H2,1-3H3. The van der Waals surface area contributed by atoms with Crippen molar-refractivity contribution < 1.29 is 18.7 Å². The van der Waals surface area contributed by atoms with E-state index in [1.54, 1.807) is 19.9 Å². The van der Waals surface area contributed by atoms with Gasteiger partial charge < -0.3 is 4.74 Å². The predicted octanol–water partition coefficient (Wildman–Crippen LogP) is 3.52. The first-order chi connectivity index (χ1) is 11.3. The molecule has 2 aromatic carbocycles. The van der Waals surface area contributed by atoms with Gasteiger partial charge in [0.05, 0.1) is 12.2 Å². The molecule has 0 bridgehead atoms. The fourth-order valence-corrected chi connectivity index (χ4v) is 2.71. The highest BCUT2D eigenvalue weighted by molar-refractivity contribution is 6.09. The van der Waals surface area contributed by atoms with Gasteiger partial charge in [-0.05, 0) is 62.7 Å². The molecule has 1 aliphatic rings. The molecule has 1 aliphatic heterocycles. The fourth-order valence-electron chi connectivity index (χ4n) is 2.71. The van der Waals surface area contributed by atoms with Crippen LogP contribution in [0, 0.1) is 12.7 Å². The molecule has 0 spiro atoms. The Balaban J connectivity index is 1.96. The number of amides is 1.